The number of carbonyl (C=O) groups is 2. The van der Waals surface area contributed by atoms with E-state index in [9.17, 15) is 9.59 Å². The van der Waals surface area contributed by atoms with Gasteiger partial charge >= 0.3 is 0 Å². The van der Waals surface area contributed by atoms with Crippen molar-refractivity contribution < 1.29 is 14.3 Å². The fraction of sp³-hybridized carbons (Fsp3) is 0.474. The maximum atomic E-state index is 12.5. The van der Waals surface area contributed by atoms with Crippen LogP contribution < -0.4 is 4.74 Å². The van der Waals surface area contributed by atoms with Crippen molar-refractivity contribution in [1.82, 2.24) is 9.88 Å². The highest BCUT2D eigenvalue weighted by atomic mass is 16.5. The third-order valence-electron chi connectivity index (χ3n) is 4.94. The lowest BCUT2D eigenvalue weighted by atomic mass is 9.94. The Balaban J connectivity index is 2.17. The zero-order valence-corrected chi connectivity index (χ0v) is 14.9. The second-order valence-corrected chi connectivity index (χ2v) is 6.77. The van der Waals surface area contributed by atoms with Crippen LogP contribution in [0.25, 0.3) is 10.9 Å². The van der Waals surface area contributed by atoms with Gasteiger partial charge in [0.15, 0.2) is 5.78 Å². The first-order chi connectivity index (χ1) is 11.3. The van der Waals surface area contributed by atoms with E-state index in [0.29, 0.717) is 17.9 Å². The summed E-state index contributed by atoms with van der Waals surface area (Å²) in [7, 11) is 1.58. The summed E-state index contributed by atoms with van der Waals surface area (Å²) in [6, 6.07) is 3.85. The molecule has 1 N–H and O–H groups in total. The van der Waals surface area contributed by atoms with Crippen molar-refractivity contribution in [2.45, 2.75) is 40.2 Å². The molecule has 3 rings (SSSR count). The van der Waals surface area contributed by atoms with E-state index in [1.165, 1.54) is 5.56 Å². The summed E-state index contributed by atoms with van der Waals surface area (Å²) >= 11 is 0. The summed E-state index contributed by atoms with van der Waals surface area (Å²) in [6.45, 7) is 8.13. The van der Waals surface area contributed by atoms with E-state index < -0.39 is 0 Å². The highest BCUT2D eigenvalue weighted by Gasteiger charge is 2.29. The van der Waals surface area contributed by atoms with Gasteiger partial charge < -0.3 is 14.6 Å². The molecule has 1 aromatic carbocycles. The Hall–Kier alpha value is -2.30. The number of aromatic nitrogens is 1. The normalized spacial score (nSPS) is 17.2. The van der Waals surface area contributed by atoms with Crippen LogP contribution in [0.2, 0.25) is 0 Å². The average Bonchev–Trinajstić information content (AvgIpc) is 2.91. The van der Waals surface area contributed by atoms with E-state index in [-0.39, 0.29) is 23.7 Å². The number of fused-ring (bicyclic) bond motifs is 3. The highest BCUT2D eigenvalue weighted by molar-refractivity contribution is 6.04. The Kier molecular flexibility index (Phi) is 4.11. The number of Topliss-reactive ketones (excluding diaryl/α,β-unsaturated/α-hetero) is 1. The van der Waals surface area contributed by atoms with Crippen molar-refractivity contribution in [2.24, 2.45) is 5.92 Å². The van der Waals surface area contributed by atoms with Gasteiger partial charge in [0.1, 0.15) is 5.75 Å². The lowest BCUT2D eigenvalue weighted by Gasteiger charge is -2.32. The van der Waals surface area contributed by atoms with Crippen LogP contribution in [0.3, 0.4) is 0 Å². The Morgan fingerprint density at radius 2 is 2.04 bits per heavy atom. The number of carbonyl (C=O) groups excluding carboxylic acids is 2. The van der Waals surface area contributed by atoms with Gasteiger partial charge in [0.2, 0.25) is 5.91 Å². The van der Waals surface area contributed by atoms with Gasteiger partial charge in [-0.25, -0.2) is 0 Å². The van der Waals surface area contributed by atoms with Crippen molar-refractivity contribution in [3.8, 4) is 5.75 Å². The average molecular weight is 328 g/mol. The molecule has 1 aromatic heterocycles. The number of rotatable bonds is 3. The van der Waals surface area contributed by atoms with Crippen LogP contribution >= 0.6 is 0 Å². The summed E-state index contributed by atoms with van der Waals surface area (Å²) in [5.74, 6) is 0.673. The van der Waals surface area contributed by atoms with Gasteiger partial charge in [0.25, 0.3) is 0 Å². The molecule has 0 saturated carbocycles. The molecule has 5 nitrogen and oxygen atoms in total. The Labute approximate surface area is 142 Å². The number of hydrogen-bond donors (Lipinski definition) is 1. The third-order valence-corrected chi connectivity index (χ3v) is 4.94. The molecule has 0 spiro atoms. The predicted molar refractivity (Wildman–Crippen MR) is 93.5 cm³/mol. The molecule has 1 atom stereocenters. The van der Waals surface area contributed by atoms with E-state index in [1.54, 1.807) is 14.0 Å². The number of benzene rings is 1. The second-order valence-electron chi connectivity index (χ2n) is 6.77. The molecule has 1 aliphatic heterocycles. The van der Waals surface area contributed by atoms with Crippen molar-refractivity contribution in [2.75, 3.05) is 13.7 Å². The summed E-state index contributed by atoms with van der Waals surface area (Å²) < 4.78 is 5.44. The summed E-state index contributed by atoms with van der Waals surface area (Å²) in [4.78, 5) is 29.6. The Morgan fingerprint density at radius 1 is 1.33 bits per heavy atom. The zero-order chi connectivity index (χ0) is 17.6. The molecule has 1 unspecified atom stereocenters. The van der Waals surface area contributed by atoms with Crippen molar-refractivity contribution in [3.63, 3.8) is 0 Å². The standard InChI is InChI=1S/C19H24N2O3/c1-10(2)19(23)15-8-14-13-6-7-21(12(4)22)11(3)18(13)20-16(14)9-17(15)24-5/h8-11,20H,6-7H2,1-5H3. The molecule has 0 fully saturated rings. The van der Waals surface area contributed by atoms with Gasteiger partial charge in [-0.2, -0.15) is 0 Å². The lowest BCUT2D eigenvalue weighted by molar-refractivity contribution is -0.131. The number of methoxy groups -OCH3 is 1. The number of amides is 1. The third kappa shape index (κ3) is 2.48. The molecule has 1 aliphatic rings. The first-order valence-corrected chi connectivity index (χ1v) is 8.39. The van der Waals surface area contributed by atoms with E-state index in [2.05, 4.69) is 4.98 Å². The number of nitrogens with one attached hydrogen (secondary N) is 1. The Morgan fingerprint density at radius 3 is 2.62 bits per heavy atom. The number of hydrogen-bond acceptors (Lipinski definition) is 3. The van der Waals surface area contributed by atoms with Gasteiger partial charge in [-0.15, -0.1) is 0 Å². The minimum atomic E-state index is -0.0850. The van der Waals surface area contributed by atoms with Gasteiger partial charge in [-0.1, -0.05) is 13.8 Å². The fourth-order valence-electron chi connectivity index (χ4n) is 3.61. The first-order valence-electron chi connectivity index (χ1n) is 8.39. The first kappa shape index (κ1) is 16.6. The van der Waals surface area contributed by atoms with Crippen LogP contribution in [0.15, 0.2) is 12.1 Å². The van der Waals surface area contributed by atoms with Gasteiger partial charge in [0, 0.05) is 42.0 Å². The van der Waals surface area contributed by atoms with E-state index in [0.717, 1.165) is 23.0 Å². The minimum Gasteiger partial charge on any atom is -0.496 e. The smallest absolute Gasteiger partial charge is 0.220 e. The molecule has 0 aliphatic carbocycles. The molecule has 24 heavy (non-hydrogen) atoms. The maximum Gasteiger partial charge on any atom is 0.220 e. The van der Waals surface area contributed by atoms with Crippen LogP contribution in [0, 0.1) is 5.92 Å². The largest absolute Gasteiger partial charge is 0.496 e. The monoisotopic (exact) mass is 328 g/mol. The molecule has 128 valence electrons. The van der Waals surface area contributed by atoms with E-state index >= 15 is 0 Å². The van der Waals surface area contributed by atoms with Crippen molar-refractivity contribution in [3.05, 3.63) is 29.0 Å². The van der Waals surface area contributed by atoms with E-state index in [1.807, 2.05) is 37.8 Å². The van der Waals surface area contributed by atoms with Crippen LogP contribution in [0.4, 0.5) is 0 Å². The molecule has 0 radical (unpaired) electrons. The van der Waals surface area contributed by atoms with Gasteiger partial charge in [-0.05, 0) is 25.0 Å². The second kappa shape index (κ2) is 5.96. The summed E-state index contributed by atoms with van der Waals surface area (Å²) in [5, 5.41) is 1.06. The molecule has 0 saturated heterocycles. The lowest BCUT2D eigenvalue weighted by Crippen LogP contribution is -2.37. The van der Waals surface area contributed by atoms with Crippen LogP contribution in [-0.2, 0) is 11.2 Å². The number of ketones is 1. The number of nitrogens with zero attached hydrogens (tertiary/aromatic N) is 1. The Bertz CT molecular complexity index is 820. The molecule has 0 bridgehead atoms. The molecular weight excluding hydrogens is 304 g/mol. The van der Waals surface area contributed by atoms with Gasteiger partial charge in [-0.3, -0.25) is 9.59 Å². The topological polar surface area (TPSA) is 62.4 Å². The van der Waals surface area contributed by atoms with Crippen LogP contribution in [0.1, 0.15) is 55.4 Å². The minimum absolute atomic E-state index is 0.00824. The molecular formula is C19H24N2O3. The molecule has 2 aromatic rings. The highest BCUT2D eigenvalue weighted by Crippen LogP contribution is 2.37. The summed E-state index contributed by atoms with van der Waals surface area (Å²) in [5.41, 5.74) is 3.84. The summed E-state index contributed by atoms with van der Waals surface area (Å²) in [6.07, 6.45) is 0.793. The van der Waals surface area contributed by atoms with E-state index in [4.69, 9.17) is 4.74 Å². The number of H-pyrrole nitrogens is 1. The zero-order valence-electron chi connectivity index (χ0n) is 14.9. The van der Waals surface area contributed by atoms with Gasteiger partial charge in [0.05, 0.1) is 18.7 Å². The van der Waals surface area contributed by atoms with Crippen molar-refractivity contribution >= 4 is 22.6 Å². The maximum absolute atomic E-state index is 12.5. The number of aromatic amines is 1. The van der Waals surface area contributed by atoms with Crippen LogP contribution in [-0.4, -0.2) is 35.2 Å². The predicted octanol–water partition coefficient (Wildman–Crippen LogP) is 3.48. The molecule has 1 amide bonds. The van der Waals surface area contributed by atoms with Crippen molar-refractivity contribution in [1.29, 1.82) is 0 Å². The fourth-order valence-corrected chi connectivity index (χ4v) is 3.61. The molecule has 2 heterocycles. The van der Waals surface area contributed by atoms with Crippen LogP contribution in [0.5, 0.6) is 5.75 Å². The SMILES string of the molecule is COc1cc2[nH]c3c(c2cc1C(=O)C(C)C)CCN(C(C)=O)C3C. The molecule has 5 heteroatoms. The number of ether oxygens (including phenoxy) is 1. The quantitative estimate of drug-likeness (QED) is 0.877.